The third kappa shape index (κ3) is 4.99. The molecule has 4 heterocycles. The van der Waals surface area contributed by atoms with Crippen LogP contribution in [-0.4, -0.2) is 63.0 Å². The summed E-state index contributed by atoms with van der Waals surface area (Å²) in [7, 11) is 3.26. The van der Waals surface area contributed by atoms with E-state index in [1.165, 1.54) is 7.11 Å². The highest BCUT2D eigenvalue weighted by Crippen LogP contribution is 2.37. The summed E-state index contributed by atoms with van der Waals surface area (Å²) in [4.78, 5) is 23.8. The quantitative estimate of drug-likeness (QED) is 0.329. The van der Waals surface area contributed by atoms with Crippen molar-refractivity contribution >= 4 is 34.6 Å². The molecule has 3 aromatic heterocycles. The number of ether oxygens (including phenoxy) is 1. The van der Waals surface area contributed by atoms with E-state index in [0.717, 1.165) is 18.8 Å². The van der Waals surface area contributed by atoms with E-state index in [0.29, 0.717) is 34.6 Å². The van der Waals surface area contributed by atoms with Crippen molar-refractivity contribution in [3.8, 4) is 17.1 Å². The molecule has 1 amide bonds. The Balaban J connectivity index is 1.46. The summed E-state index contributed by atoms with van der Waals surface area (Å²) in [6.07, 6.45) is 3.35. The maximum absolute atomic E-state index is 12.8. The fourth-order valence-electron chi connectivity index (χ4n) is 4.10. The SMILES string of the molecule is [2H]C([2H])([2H])NC(=O)c1nnc(Nc2ccc(N3CC(C)C3)cn2)cc1Nc1cccc(-c2ncn(C)n2)c1OC. The van der Waals surface area contributed by atoms with Crippen LogP contribution in [0.2, 0.25) is 0 Å². The van der Waals surface area contributed by atoms with Crippen molar-refractivity contribution in [1.82, 2.24) is 35.3 Å². The number of benzene rings is 1. The summed E-state index contributed by atoms with van der Waals surface area (Å²) in [6, 6.07) is 10.6. The number of aromatic nitrogens is 6. The Morgan fingerprint density at radius 2 is 1.97 bits per heavy atom. The van der Waals surface area contributed by atoms with E-state index < -0.39 is 12.9 Å². The molecule has 12 heteroatoms. The molecule has 190 valence electrons. The van der Waals surface area contributed by atoms with Crippen LogP contribution in [0.15, 0.2) is 48.9 Å². The Labute approximate surface area is 218 Å². The number of carbonyl (C=O) groups excluding carboxylic acids is 1. The zero-order valence-electron chi connectivity index (χ0n) is 23.6. The molecule has 0 aliphatic carbocycles. The van der Waals surface area contributed by atoms with Crippen LogP contribution in [0.25, 0.3) is 11.4 Å². The van der Waals surface area contributed by atoms with Gasteiger partial charge in [0, 0.05) is 37.3 Å². The van der Waals surface area contributed by atoms with E-state index in [-0.39, 0.29) is 17.2 Å². The van der Waals surface area contributed by atoms with E-state index in [2.05, 4.69) is 47.7 Å². The topological polar surface area (TPSA) is 135 Å². The van der Waals surface area contributed by atoms with E-state index >= 15 is 0 Å². The summed E-state index contributed by atoms with van der Waals surface area (Å²) in [6.45, 7) is 1.48. The average molecular weight is 504 g/mol. The van der Waals surface area contributed by atoms with Crippen LogP contribution in [0, 0.1) is 5.92 Å². The third-order valence-corrected chi connectivity index (χ3v) is 5.88. The number of anilines is 5. The van der Waals surface area contributed by atoms with Crippen molar-refractivity contribution in [2.75, 3.05) is 42.7 Å². The molecule has 1 saturated heterocycles. The maximum atomic E-state index is 12.8. The second-order valence-corrected chi connectivity index (χ2v) is 8.74. The Bertz CT molecular complexity index is 1520. The summed E-state index contributed by atoms with van der Waals surface area (Å²) >= 11 is 0. The number of nitrogens with one attached hydrogen (secondary N) is 3. The van der Waals surface area contributed by atoms with Gasteiger partial charge in [-0.05, 0) is 30.2 Å². The second-order valence-electron chi connectivity index (χ2n) is 8.74. The molecule has 4 aromatic rings. The number of methoxy groups -OCH3 is 1. The molecule has 0 bridgehead atoms. The lowest BCUT2D eigenvalue weighted by Gasteiger charge is -2.38. The molecule has 0 spiro atoms. The minimum Gasteiger partial charge on any atom is -0.494 e. The highest BCUT2D eigenvalue weighted by molar-refractivity contribution is 5.99. The van der Waals surface area contributed by atoms with E-state index in [9.17, 15) is 4.79 Å². The number of rotatable bonds is 8. The van der Waals surface area contributed by atoms with Crippen LogP contribution in [-0.2, 0) is 7.05 Å². The molecule has 1 aromatic carbocycles. The summed E-state index contributed by atoms with van der Waals surface area (Å²) in [5.41, 5.74) is 2.08. The first-order chi connectivity index (χ1) is 19.1. The Morgan fingerprint density at radius 3 is 2.65 bits per heavy atom. The van der Waals surface area contributed by atoms with Gasteiger partial charge in [-0.1, -0.05) is 13.0 Å². The fraction of sp³-hybridized carbons (Fsp3) is 0.280. The molecule has 1 aliphatic heterocycles. The van der Waals surface area contributed by atoms with Gasteiger partial charge in [0.1, 0.15) is 12.1 Å². The molecule has 1 aliphatic rings. The molecule has 0 atom stereocenters. The van der Waals surface area contributed by atoms with E-state index in [4.69, 9.17) is 8.85 Å². The number of aryl methyl sites for hydroxylation is 1. The predicted molar refractivity (Wildman–Crippen MR) is 141 cm³/mol. The Kier molecular flexibility index (Phi) is 5.58. The van der Waals surface area contributed by atoms with Crippen molar-refractivity contribution in [2.45, 2.75) is 6.92 Å². The number of hydrogen-bond acceptors (Lipinski definition) is 10. The zero-order chi connectivity index (χ0) is 28.4. The lowest BCUT2D eigenvalue weighted by Crippen LogP contribution is -2.45. The fourth-order valence-corrected chi connectivity index (χ4v) is 4.10. The molecule has 3 N–H and O–H groups in total. The zero-order valence-corrected chi connectivity index (χ0v) is 20.6. The number of nitrogens with zero attached hydrogens (tertiary/aromatic N) is 7. The van der Waals surface area contributed by atoms with Crippen LogP contribution >= 0.6 is 0 Å². The molecule has 1 fully saturated rings. The van der Waals surface area contributed by atoms with E-state index in [1.807, 2.05) is 17.4 Å². The lowest BCUT2D eigenvalue weighted by molar-refractivity contribution is 0.0958. The number of amides is 1. The van der Waals surface area contributed by atoms with Crippen molar-refractivity contribution in [3.05, 3.63) is 54.6 Å². The van der Waals surface area contributed by atoms with Gasteiger partial charge in [-0.15, -0.1) is 10.2 Å². The highest BCUT2D eigenvalue weighted by Gasteiger charge is 2.23. The van der Waals surface area contributed by atoms with Crippen LogP contribution in [0.1, 0.15) is 21.5 Å². The monoisotopic (exact) mass is 503 g/mol. The van der Waals surface area contributed by atoms with Gasteiger partial charge in [0.2, 0.25) is 0 Å². The van der Waals surface area contributed by atoms with Crippen LogP contribution in [0.4, 0.5) is 28.7 Å². The first kappa shape index (κ1) is 20.5. The average Bonchev–Trinajstić information content (AvgIpc) is 3.32. The molecule has 12 nitrogen and oxygen atoms in total. The first-order valence-corrected chi connectivity index (χ1v) is 11.6. The molecule has 5 rings (SSSR count). The number of pyridine rings is 1. The highest BCUT2D eigenvalue weighted by atomic mass is 16.5. The summed E-state index contributed by atoms with van der Waals surface area (Å²) in [5.74, 6) is 1.42. The smallest absolute Gasteiger partial charge is 0.273 e. The van der Waals surface area contributed by atoms with Crippen LogP contribution in [0.3, 0.4) is 0 Å². The molecule has 0 saturated carbocycles. The van der Waals surface area contributed by atoms with Crippen LogP contribution < -0.4 is 25.6 Å². The van der Waals surface area contributed by atoms with Gasteiger partial charge in [-0.2, -0.15) is 5.10 Å². The molecule has 0 radical (unpaired) electrons. The Hall–Kier alpha value is -4.74. The third-order valence-electron chi connectivity index (χ3n) is 5.88. The Morgan fingerprint density at radius 1 is 1.11 bits per heavy atom. The second kappa shape index (κ2) is 10.1. The minimum atomic E-state index is -2.71. The first-order valence-electron chi connectivity index (χ1n) is 13.1. The molecular formula is C25H28N10O2. The maximum Gasteiger partial charge on any atom is 0.273 e. The van der Waals surface area contributed by atoms with Gasteiger partial charge in [-0.3, -0.25) is 9.48 Å². The standard InChI is InChI=1S/C25H28N10O2/c1-15-12-35(13-15)16-8-9-20(27-11-16)30-21-10-19(22(32-31-21)25(36)26-2)29-18-7-5-6-17(23(18)37-4)24-28-14-34(3)33-24/h5-11,14-15H,12-13H2,1-4H3,(H,26,36)(H2,27,29,30,31)/i2D3. The largest absolute Gasteiger partial charge is 0.494 e. The van der Waals surface area contributed by atoms with Gasteiger partial charge >= 0.3 is 0 Å². The molecule has 0 unspecified atom stereocenters. The van der Waals surface area contributed by atoms with Crippen molar-refractivity contribution in [2.24, 2.45) is 13.0 Å². The number of para-hydroxylation sites is 1. The summed E-state index contributed by atoms with van der Waals surface area (Å²) < 4.78 is 29.5. The molecule has 37 heavy (non-hydrogen) atoms. The van der Waals surface area contributed by atoms with Crippen molar-refractivity contribution in [3.63, 3.8) is 0 Å². The van der Waals surface area contributed by atoms with Gasteiger partial charge in [-0.25, -0.2) is 9.97 Å². The van der Waals surface area contributed by atoms with Gasteiger partial charge < -0.3 is 25.6 Å². The van der Waals surface area contributed by atoms with Crippen molar-refractivity contribution in [1.29, 1.82) is 0 Å². The molecular weight excluding hydrogens is 472 g/mol. The van der Waals surface area contributed by atoms with Gasteiger partial charge in [0.25, 0.3) is 5.91 Å². The number of carbonyl (C=O) groups is 1. The van der Waals surface area contributed by atoms with E-state index in [1.54, 1.807) is 48.5 Å². The van der Waals surface area contributed by atoms with Crippen LogP contribution in [0.5, 0.6) is 5.75 Å². The van der Waals surface area contributed by atoms with Gasteiger partial charge in [0.05, 0.1) is 35.9 Å². The number of hydrogen-bond donors (Lipinski definition) is 3. The summed E-state index contributed by atoms with van der Waals surface area (Å²) in [5, 5.41) is 20.6. The van der Waals surface area contributed by atoms with Crippen molar-refractivity contribution < 1.29 is 13.6 Å². The lowest BCUT2D eigenvalue weighted by atomic mass is 10.0. The predicted octanol–water partition coefficient (Wildman–Crippen LogP) is 2.98. The van der Waals surface area contributed by atoms with Gasteiger partial charge in [0.15, 0.2) is 23.1 Å². The normalized spacial score (nSPS) is 14.7. The minimum absolute atomic E-state index is 0.190.